The first-order valence-electron chi connectivity index (χ1n) is 15.7. The van der Waals surface area contributed by atoms with Crippen molar-refractivity contribution in [3.8, 4) is 0 Å². The molecule has 0 N–H and O–H groups in total. The van der Waals surface area contributed by atoms with Crippen LogP contribution < -0.4 is 10.6 Å². The zero-order chi connectivity index (χ0) is 32.9. The number of hydrogen-bond acceptors (Lipinski definition) is 2. The Balaban J connectivity index is 0.00000134. The Morgan fingerprint density at radius 1 is 0.587 bits per heavy atom. The Hall–Kier alpha value is -2.77. The quantitative estimate of drug-likeness (QED) is 0.124. The third kappa shape index (κ3) is 7.68. The van der Waals surface area contributed by atoms with Gasteiger partial charge in [-0.15, -0.1) is 0 Å². The van der Waals surface area contributed by atoms with Crippen molar-refractivity contribution in [1.29, 1.82) is 0 Å². The summed E-state index contributed by atoms with van der Waals surface area (Å²) in [4.78, 5) is 11.0. The Labute approximate surface area is 290 Å². The zero-order valence-electron chi connectivity index (χ0n) is 27.4. The minimum atomic E-state index is -0.983. The van der Waals surface area contributed by atoms with Crippen molar-refractivity contribution < 1.29 is 13.1 Å². The standard InChI is InChI=1S/C40H41N2P.2ClH.Fe/c1-39(2,3)33-24-15-25-34(40(4,5)6)38(33)42-37-32-23-14-17-28-16-13-22-31(35(28)32)36(37)41-26-27-43(29-18-9-7-10-19-29)30-20-11-8-12-21-30;;;/h7-25H,26-27H2,1-6H3;2*1H;/q;;;+2/p-1. The fourth-order valence-corrected chi connectivity index (χ4v) is 8.70. The SMILES string of the molecule is CC(C)(C)c1cccc(C(C)(C)C)c1N=C1C(=NCC[PH+](c2ccccc2)c2ccccc2)c2cccc3cccc1c23.[Cl][Fe][Cl]. The van der Waals surface area contributed by atoms with Crippen LogP contribution in [0.1, 0.15) is 63.8 Å². The molecule has 6 heteroatoms. The molecule has 238 valence electrons. The van der Waals surface area contributed by atoms with E-state index in [-0.39, 0.29) is 24.0 Å². The summed E-state index contributed by atoms with van der Waals surface area (Å²) in [6.07, 6.45) is 1.02. The van der Waals surface area contributed by atoms with Crippen LogP contribution in [0.15, 0.2) is 125 Å². The van der Waals surface area contributed by atoms with Gasteiger partial charge in [-0.25, -0.2) is 4.99 Å². The van der Waals surface area contributed by atoms with E-state index < -0.39 is 7.92 Å². The van der Waals surface area contributed by atoms with Crippen LogP contribution >= 0.6 is 28.1 Å². The third-order valence-electron chi connectivity index (χ3n) is 8.39. The van der Waals surface area contributed by atoms with E-state index in [1.54, 1.807) is 0 Å². The molecule has 1 aliphatic rings. The van der Waals surface area contributed by atoms with Gasteiger partial charge in [0, 0.05) is 16.5 Å². The third-order valence-corrected chi connectivity index (χ3v) is 11.2. The van der Waals surface area contributed by atoms with Crippen LogP contribution in [0.2, 0.25) is 0 Å². The fourth-order valence-electron chi connectivity index (χ4n) is 6.26. The first kappa shape index (κ1) is 34.6. The summed E-state index contributed by atoms with van der Waals surface area (Å²) in [6.45, 7) is 14.5. The van der Waals surface area contributed by atoms with Gasteiger partial charge in [-0.2, -0.15) is 0 Å². The van der Waals surface area contributed by atoms with Crippen molar-refractivity contribution in [3.05, 3.63) is 138 Å². The molecular formula is C40H42Cl2FeN2P+. The van der Waals surface area contributed by atoms with Crippen LogP contribution in [0.5, 0.6) is 0 Å². The number of halogens is 2. The van der Waals surface area contributed by atoms with Gasteiger partial charge in [0.15, 0.2) is 0 Å². The number of rotatable bonds is 6. The second-order valence-corrected chi connectivity index (χ2v) is 18.0. The van der Waals surface area contributed by atoms with E-state index in [9.17, 15) is 0 Å². The van der Waals surface area contributed by atoms with E-state index in [2.05, 4.69) is 157 Å². The summed E-state index contributed by atoms with van der Waals surface area (Å²) in [5.74, 6) is 0. The summed E-state index contributed by atoms with van der Waals surface area (Å²) >= 11 is 0.194. The van der Waals surface area contributed by atoms with E-state index in [0.717, 1.165) is 29.8 Å². The number of aliphatic imine (C=N–C) groups is 2. The van der Waals surface area contributed by atoms with Gasteiger partial charge >= 0.3 is 33.3 Å². The van der Waals surface area contributed by atoms with Crippen LogP contribution in [-0.2, 0) is 24.0 Å². The van der Waals surface area contributed by atoms with Crippen LogP contribution in [0.3, 0.4) is 0 Å². The molecule has 0 bridgehead atoms. The molecule has 1 aliphatic carbocycles. The molecule has 0 saturated heterocycles. The predicted octanol–water partition coefficient (Wildman–Crippen LogP) is 10.6. The normalized spacial score (nSPS) is 14.7. The molecule has 0 spiro atoms. The monoisotopic (exact) mass is 707 g/mol. The van der Waals surface area contributed by atoms with Gasteiger partial charge in [0.25, 0.3) is 0 Å². The van der Waals surface area contributed by atoms with Gasteiger partial charge in [0.2, 0.25) is 0 Å². The molecule has 0 atom stereocenters. The van der Waals surface area contributed by atoms with Crippen LogP contribution in [0.4, 0.5) is 5.69 Å². The van der Waals surface area contributed by atoms with E-state index >= 15 is 0 Å². The molecule has 0 fully saturated rings. The summed E-state index contributed by atoms with van der Waals surface area (Å²) in [7, 11) is 8.54. The number of para-hydroxylation sites is 1. The maximum atomic E-state index is 5.62. The molecule has 0 heterocycles. The van der Waals surface area contributed by atoms with E-state index in [1.807, 2.05) is 0 Å². The molecule has 6 rings (SSSR count). The molecular weight excluding hydrogens is 666 g/mol. The van der Waals surface area contributed by atoms with Gasteiger partial charge in [0.1, 0.15) is 0 Å². The molecule has 46 heavy (non-hydrogen) atoms. The molecule has 0 amide bonds. The topological polar surface area (TPSA) is 24.7 Å². The van der Waals surface area contributed by atoms with Crippen molar-refractivity contribution in [2.24, 2.45) is 9.98 Å². The van der Waals surface area contributed by atoms with E-state index in [1.165, 1.54) is 43.6 Å². The molecule has 5 aromatic rings. The first-order chi connectivity index (χ1) is 22.0. The van der Waals surface area contributed by atoms with Crippen molar-refractivity contribution in [3.63, 3.8) is 0 Å². The molecule has 0 aliphatic heterocycles. The van der Waals surface area contributed by atoms with Crippen molar-refractivity contribution in [1.82, 2.24) is 0 Å². The fraction of sp³-hybridized carbons (Fsp3) is 0.250. The van der Waals surface area contributed by atoms with E-state index in [0.29, 0.717) is 0 Å². The predicted molar refractivity (Wildman–Crippen MR) is 202 cm³/mol. The Bertz CT molecular complexity index is 1780. The molecule has 0 unspecified atom stereocenters. The molecule has 0 saturated carbocycles. The maximum absolute atomic E-state index is 5.62. The summed E-state index contributed by atoms with van der Waals surface area (Å²) < 4.78 is 0. The van der Waals surface area contributed by atoms with Crippen molar-refractivity contribution in [2.75, 3.05) is 12.7 Å². The average Bonchev–Trinajstić information content (AvgIpc) is 3.33. The van der Waals surface area contributed by atoms with E-state index in [4.69, 9.17) is 30.2 Å². The zero-order valence-corrected chi connectivity index (χ0v) is 31.0. The Morgan fingerprint density at radius 3 is 1.52 bits per heavy atom. The first-order valence-corrected chi connectivity index (χ1v) is 20.4. The summed E-state index contributed by atoms with van der Waals surface area (Å²) in [5, 5.41) is 5.37. The van der Waals surface area contributed by atoms with Crippen molar-refractivity contribution >= 4 is 66.6 Å². The van der Waals surface area contributed by atoms with Gasteiger partial charge in [-0.05, 0) is 51.6 Å². The average molecular weight is 709 g/mol. The molecule has 5 aromatic carbocycles. The van der Waals surface area contributed by atoms with Gasteiger partial charge in [-0.3, -0.25) is 4.99 Å². The molecule has 0 aromatic heterocycles. The van der Waals surface area contributed by atoms with Gasteiger partial charge < -0.3 is 0 Å². The summed E-state index contributed by atoms with van der Waals surface area (Å²) in [5.41, 5.74) is 7.96. The van der Waals surface area contributed by atoms with Gasteiger partial charge in [-0.1, -0.05) is 133 Å². The number of benzene rings is 5. The van der Waals surface area contributed by atoms with Crippen LogP contribution in [-0.4, -0.2) is 24.1 Å². The second kappa shape index (κ2) is 15.0. The number of nitrogens with zero attached hydrogens (tertiary/aromatic N) is 2. The van der Waals surface area contributed by atoms with Crippen molar-refractivity contribution in [2.45, 2.75) is 52.4 Å². The minimum absolute atomic E-state index is 0.0435. The Morgan fingerprint density at radius 2 is 1.04 bits per heavy atom. The molecule has 2 nitrogen and oxygen atoms in total. The second-order valence-electron chi connectivity index (χ2n) is 13.6. The van der Waals surface area contributed by atoms with Crippen LogP contribution in [0.25, 0.3) is 10.8 Å². The number of hydrogen-bond donors (Lipinski definition) is 0. The Kier molecular flexibility index (Phi) is 11.3. The summed E-state index contributed by atoms with van der Waals surface area (Å²) in [6, 6.07) is 41.9. The van der Waals surface area contributed by atoms with Gasteiger partial charge in [0.05, 0.1) is 48.3 Å². The molecule has 0 radical (unpaired) electrons. The van der Waals surface area contributed by atoms with Crippen LogP contribution in [0, 0.1) is 0 Å².